The van der Waals surface area contributed by atoms with Crippen molar-refractivity contribution in [3.05, 3.63) is 36.0 Å². The summed E-state index contributed by atoms with van der Waals surface area (Å²) in [6, 6.07) is 8.54. The summed E-state index contributed by atoms with van der Waals surface area (Å²) in [6.45, 7) is 5.11. The minimum absolute atomic E-state index is 0.212. The maximum atomic E-state index is 12.5. The number of carbonyl (C=O) groups is 1. The van der Waals surface area contributed by atoms with Gasteiger partial charge in [0.25, 0.3) is 5.91 Å². The predicted molar refractivity (Wildman–Crippen MR) is 105 cm³/mol. The highest BCUT2D eigenvalue weighted by Crippen LogP contribution is 2.29. The van der Waals surface area contributed by atoms with Gasteiger partial charge in [-0.3, -0.25) is 9.69 Å². The number of hydrogen-bond acceptors (Lipinski definition) is 8. The number of ether oxygens (including phenoxy) is 3. The fourth-order valence-corrected chi connectivity index (χ4v) is 2.81. The third-order valence-corrected chi connectivity index (χ3v) is 4.39. The Hall–Kier alpha value is -2.91. The molecule has 1 fully saturated rings. The molecule has 1 aromatic carbocycles. The molecule has 0 aliphatic carbocycles. The van der Waals surface area contributed by atoms with Crippen LogP contribution in [-0.2, 0) is 4.74 Å². The van der Waals surface area contributed by atoms with Crippen LogP contribution in [0.3, 0.4) is 0 Å². The van der Waals surface area contributed by atoms with Crippen molar-refractivity contribution < 1.29 is 19.0 Å². The van der Waals surface area contributed by atoms with Crippen LogP contribution in [0.4, 0.5) is 11.5 Å². The molecule has 28 heavy (non-hydrogen) atoms. The molecule has 1 saturated heterocycles. The smallest absolute Gasteiger partial charge is 0.276 e. The number of nitrogens with zero attached hydrogens (tertiary/aromatic N) is 3. The molecule has 1 amide bonds. The molecule has 2 heterocycles. The Morgan fingerprint density at radius 2 is 1.96 bits per heavy atom. The number of nitrogens with one attached hydrogen (secondary N) is 2. The van der Waals surface area contributed by atoms with Crippen LogP contribution in [-0.4, -0.2) is 74.6 Å². The monoisotopic (exact) mass is 387 g/mol. The highest BCUT2D eigenvalue weighted by atomic mass is 16.5. The summed E-state index contributed by atoms with van der Waals surface area (Å²) in [5.41, 5.74) is 0.713. The van der Waals surface area contributed by atoms with Gasteiger partial charge < -0.3 is 24.8 Å². The van der Waals surface area contributed by atoms with Crippen molar-refractivity contribution in [2.45, 2.75) is 0 Å². The Morgan fingerprint density at radius 1 is 1.14 bits per heavy atom. The van der Waals surface area contributed by atoms with Gasteiger partial charge >= 0.3 is 0 Å². The molecular weight excluding hydrogens is 362 g/mol. The lowest BCUT2D eigenvalue weighted by atomic mass is 10.2. The first-order chi connectivity index (χ1) is 13.7. The van der Waals surface area contributed by atoms with E-state index in [0.29, 0.717) is 23.0 Å². The highest BCUT2D eigenvalue weighted by molar-refractivity contribution is 6.03. The van der Waals surface area contributed by atoms with Crippen molar-refractivity contribution in [1.82, 2.24) is 15.1 Å². The predicted octanol–water partition coefficient (Wildman–Crippen LogP) is 1.49. The lowest BCUT2D eigenvalue weighted by molar-refractivity contribution is 0.0398. The van der Waals surface area contributed by atoms with Gasteiger partial charge in [0, 0.05) is 32.2 Å². The number of rotatable bonds is 8. The van der Waals surface area contributed by atoms with Crippen molar-refractivity contribution >= 4 is 17.4 Å². The van der Waals surface area contributed by atoms with E-state index in [1.807, 2.05) is 0 Å². The molecule has 0 saturated carbocycles. The maximum absolute atomic E-state index is 12.5. The number of methoxy groups -OCH3 is 2. The zero-order valence-corrected chi connectivity index (χ0v) is 16.1. The van der Waals surface area contributed by atoms with Crippen LogP contribution in [0.15, 0.2) is 30.3 Å². The maximum Gasteiger partial charge on any atom is 0.276 e. The molecule has 1 aromatic heterocycles. The molecule has 0 bridgehead atoms. The largest absolute Gasteiger partial charge is 0.497 e. The van der Waals surface area contributed by atoms with Gasteiger partial charge in [0.1, 0.15) is 17.3 Å². The lowest BCUT2D eigenvalue weighted by Crippen LogP contribution is -2.39. The number of anilines is 2. The first kappa shape index (κ1) is 19.8. The first-order valence-corrected chi connectivity index (χ1v) is 9.10. The summed E-state index contributed by atoms with van der Waals surface area (Å²) < 4.78 is 15.8. The van der Waals surface area contributed by atoms with E-state index in [-0.39, 0.29) is 11.6 Å². The normalized spacial score (nSPS) is 14.4. The van der Waals surface area contributed by atoms with Crippen molar-refractivity contribution in [1.29, 1.82) is 0 Å². The standard InChI is InChI=1S/C19H25N5O4/c1-26-14-3-5-17(27-2)16(13-14)21-19(25)15-4-6-18(23-22-15)20-7-8-24-9-11-28-12-10-24/h3-6,13H,7-12H2,1-2H3,(H,20,23)(H,21,25). The van der Waals surface area contributed by atoms with E-state index in [0.717, 1.165) is 39.4 Å². The van der Waals surface area contributed by atoms with Gasteiger partial charge in [0.15, 0.2) is 5.69 Å². The van der Waals surface area contributed by atoms with Gasteiger partial charge in [0.05, 0.1) is 33.1 Å². The van der Waals surface area contributed by atoms with Crippen LogP contribution in [0.5, 0.6) is 11.5 Å². The molecule has 1 aliphatic rings. The van der Waals surface area contributed by atoms with E-state index in [9.17, 15) is 4.79 Å². The molecule has 0 unspecified atom stereocenters. The second-order valence-electron chi connectivity index (χ2n) is 6.20. The molecule has 0 spiro atoms. The molecule has 1 aliphatic heterocycles. The summed E-state index contributed by atoms with van der Waals surface area (Å²) in [4.78, 5) is 14.8. The Morgan fingerprint density at radius 3 is 2.64 bits per heavy atom. The second-order valence-corrected chi connectivity index (χ2v) is 6.20. The number of aromatic nitrogens is 2. The Balaban J connectivity index is 1.55. The van der Waals surface area contributed by atoms with E-state index in [2.05, 4.69) is 25.7 Å². The zero-order chi connectivity index (χ0) is 19.8. The minimum atomic E-state index is -0.376. The van der Waals surface area contributed by atoms with Gasteiger partial charge in [-0.25, -0.2) is 0 Å². The summed E-state index contributed by atoms with van der Waals surface area (Å²) in [5, 5.41) is 14.1. The number of benzene rings is 1. The minimum Gasteiger partial charge on any atom is -0.497 e. The van der Waals surface area contributed by atoms with Gasteiger partial charge in [-0.1, -0.05) is 0 Å². The molecule has 9 nitrogen and oxygen atoms in total. The van der Waals surface area contributed by atoms with Crippen molar-refractivity contribution in [3.63, 3.8) is 0 Å². The molecule has 0 atom stereocenters. The zero-order valence-electron chi connectivity index (χ0n) is 16.1. The van der Waals surface area contributed by atoms with Gasteiger partial charge in [-0.15, -0.1) is 10.2 Å². The Kier molecular flexibility index (Phi) is 6.99. The third kappa shape index (κ3) is 5.30. The van der Waals surface area contributed by atoms with E-state index in [1.165, 1.54) is 7.11 Å². The summed E-state index contributed by atoms with van der Waals surface area (Å²) in [5.74, 6) is 1.40. The topological polar surface area (TPSA) is 97.8 Å². The Labute approximate surface area is 164 Å². The molecule has 0 radical (unpaired) electrons. The quantitative estimate of drug-likeness (QED) is 0.703. The number of morpholine rings is 1. The Bertz CT molecular complexity index is 778. The van der Waals surface area contributed by atoms with Crippen LogP contribution in [0.1, 0.15) is 10.5 Å². The average molecular weight is 387 g/mol. The van der Waals surface area contributed by atoms with E-state index >= 15 is 0 Å². The second kappa shape index (κ2) is 9.86. The van der Waals surface area contributed by atoms with E-state index in [4.69, 9.17) is 14.2 Å². The van der Waals surface area contributed by atoms with Gasteiger partial charge in [-0.2, -0.15) is 0 Å². The van der Waals surface area contributed by atoms with E-state index in [1.54, 1.807) is 37.4 Å². The summed E-state index contributed by atoms with van der Waals surface area (Å²) in [6.07, 6.45) is 0. The van der Waals surface area contributed by atoms with Gasteiger partial charge in [-0.05, 0) is 24.3 Å². The molecule has 9 heteroatoms. The lowest BCUT2D eigenvalue weighted by Gasteiger charge is -2.26. The van der Waals surface area contributed by atoms with Crippen molar-refractivity contribution in [2.24, 2.45) is 0 Å². The average Bonchev–Trinajstić information content (AvgIpc) is 2.75. The fourth-order valence-electron chi connectivity index (χ4n) is 2.81. The molecule has 2 N–H and O–H groups in total. The molecule has 150 valence electrons. The van der Waals surface area contributed by atoms with Crippen LogP contribution in [0.25, 0.3) is 0 Å². The summed E-state index contributed by atoms with van der Waals surface area (Å²) in [7, 11) is 3.10. The number of carbonyl (C=O) groups excluding carboxylic acids is 1. The first-order valence-electron chi connectivity index (χ1n) is 9.10. The molecular formula is C19H25N5O4. The van der Waals surface area contributed by atoms with Crippen LogP contribution < -0.4 is 20.1 Å². The summed E-state index contributed by atoms with van der Waals surface area (Å²) >= 11 is 0. The highest BCUT2D eigenvalue weighted by Gasteiger charge is 2.13. The SMILES string of the molecule is COc1ccc(OC)c(NC(=O)c2ccc(NCCN3CCOCC3)nn2)c1. The van der Waals surface area contributed by atoms with Crippen molar-refractivity contribution in [3.8, 4) is 11.5 Å². The molecule has 2 aromatic rings. The van der Waals surface area contributed by atoms with E-state index < -0.39 is 0 Å². The van der Waals surface area contributed by atoms with Crippen LogP contribution in [0, 0.1) is 0 Å². The fraction of sp³-hybridized carbons (Fsp3) is 0.421. The number of amides is 1. The van der Waals surface area contributed by atoms with Gasteiger partial charge in [0.2, 0.25) is 0 Å². The third-order valence-electron chi connectivity index (χ3n) is 4.39. The van der Waals surface area contributed by atoms with Crippen molar-refractivity contribution in [2.75, 3.05) is 64.2 Å². The van der Waals surface area contributed by atoms with Crippen LogP contribution in [0.2, 0.25) is 0 Å². The molecule has 3 rings (SSSR count). The van der Waals surface area contributed by atoms with Crippen LogP contribution >= 0.6 is 0 Å². The number of hydrogen-bond donors (Lipinski definition) is 2.